The molecule has 2 heterocycles. The maximum absolute atomic E-state index is 10.3. The summed E-state index contributed by atoms with van der Waals surface area (Å²) in [5, 5.41) is 10.3. The number of hydrogen-bond acceptors (Lipinski definition) is 4. The highest BCUT2D eigenvalue weighted by Crippen LogP contribution is 2.29. The minimum Gasteiger partial charge on any atom is -0.492 e. The average molecular weight is 319 g/mol. The monoisotopic (exact) mass is 319 g/mol. The van der Waals surface area contributed by atoms with Gasteiger partial charge in [0.15, 0.2) is 0 Å². The Labute approximate surface area is 139 Å². The van der Waals surface area contributed by atoms with Gasteiger partial charge in [0.05, 0.1) is 12.7 Å². The Morgan fingerprint density at radius 1 is 1.35 bits per heavy atom. The SMILES string of the molecule is CCc1cccc(OCCN2CCC[C@@H]2[C@@H]2COCC[C@H]2O)c1. The zero-order valence-electron chi connectivity index (χ0n) is 14.1. The fourth-order valence-corrected chi connectivity index (χ4v) is 3.87. The number of likely N-dealkylation sites (tertiary alicyclic amines) is 1. The molecule has 0 saturated carbocycles. The van der Waals surface area contributed by atoms with Crippen LogP contribution in [-0.4, -0.2) is 55.1 Å². The maximum Gasteiger partial charge on any atom is 0.119 e. The second-order valence-corrected chi connectivity index (χ2v) is 6.69. The Morgan fingerprint density at radius 3 is 3.09 bits per heavy atom. The van der Waals surface area contributed by atoms with E-state index in [9.17, 15) is 5.11 Å². The van der Waals surface area contributed by atoms with Gasteiger partial charge in [-0.2, -0.15) is 0 Å². The Hall–Kier alpha value is -1.10. The molecule has 4 heteroatoms. The van der Waals surface area contributed by atoms with Crippen LogP contribution in [0, 0.1) is 5.92 Å². The first-order valence-corrected chi connectivity index (χ1v) is 8.99. The van der Waals surface area contributed by atoms with E-state index in [2.05, 4.69) is 30.0 Å². The quantitative estimate of drug-likeness (QED) is 0.875. The van der Waals surface area contributed by atoms with Crippen molar-refractivity contribution in [2.24, 2.45) is 5.92 Å². The predicted octanol–water partition coefficient (Wildman–Crippen LogP) is 2.49. The van der Waals surface area contributed by atoms with Crippen LogP contribution < -0.4 is 4.74 Å². The smallest absolute Gasteiger partial charge is 0.119 e. The summed E-state index contributed by atoms with van der Waals surface area (Å²) in [4.78, 5) is 2.48. The van der Waals surface area contributed by atoms with Crippen molar-refractivity contribution in [2.75, 3.05) is 32.9 Å². The first-order valence-electron chi connectivity index (χ1n) is 8.99. The van der Waals surface area contributed by atoms with Crippen LogP contribution >= 0.6 is 0 Å². The maximum atomic E-state index is 10.3. The molecule has 0 radical (unpaired) electrons. The van der Waals surface area contributed by atoms with Crippen LogP contribution in [0.4, 0.5) is 0 Å². The Balaban J connectivity index is 1.50. The standard InChI is InChI=1S/C19H29NO3/c1-2-15-5-3-6-16(13-15)23-12-10-20-9-4-7-18(20)17-14-22-11-8-19(17)21/h3,5-6,13,17-19,21H,2,4,7-12,14H2,1H3/t17-,18+,19+/m0/s1. The average Bonchev–Trinajstić information content (AvgIpc) is 3.04. The number of nitrogens with zero attached hydrogens (tertiary/aromatic N) is 1. The highest BCUT2D eigenvalue weighted by molar-refractivity contribution is 5.28. The second-order valence-electron chi connectivity index (χ2n) is 6.69. The van der Waals surface area contributed by atoms with Crippen LogP contribution in [0.5, 0.6) is 5.75 Å². The predicted molar refractivity (Wildman–Crippen MR) is 90.8 cm³/mol. The summed E-state index contributed by atoms with van der Waals surface area (Å²) in [5.74, 6) is 1.22. The van der Waals surface area contributed by atoms with Crippen molar-refractivity contribution in [3.63, 3.8) is 0 Å². The van der Waals surface area contributed by atoms with Crippen LogP contribution in [-0.2, 0) is 11.2 Å². The van der Waals surface area contributed by atoms with Gasteiger partial charge in [-0.1, -0.05) is 19.1 Å². The van der Waals surface area contributed by atoms with Crippen LogP contribution in [0.1, 0.15) is 31.7 Å². The van der Waals surface area contributed by atoms with Gasteiger partial charge in [-0.3, -0.25) is 4.90 Å². The lowest BCUT2D eigenvalue weighted by Gasteiger charge is -2.37. The molecule has 1 aromatic rings. The molecule has 0 aliphatic carbocycles. The van der Waals surface area contributed by atoms with Crippen molar-refractivity contribution in [1.29, 1.82) is 0 Å². The third kappa shape index (κ3) is 4.25. The van der Waals surface area contributed by atoms with E-state index in [4.69, 9.17) is 9.47 Å². The number of rotatable bonds is 6. The fraction of sp³-hybridized carbons (Fsp3) is 0.684. The van der Waals surface area contributed by atoms with E-state index in [0.29, 0.717) is 25.9 Å². The van der Waals surface area contributed by atoms with E-state index in [1.165, 1.54) is 12.0 Å². The summed E-state index contributed by atoms with van der Waals surface area (Å²) in [6.45, 7) is 6.28. The summed E-state index contributed by atoms with van der Waals surface area (Å²) >= 11 is 0. The first-order chi connectivity index (χ1) is 11.3. The van der Waals surface area contributed by atoms with E-state index >= 15 is 0 Å². The molecular formula is C19H29NO3. The number of hydrogen-bond donors (Lipinski definition) is 1. The van der Waals surface area contributed by atoms with Crippen molar-refractivity contribution >= 4 is 0 Å². The molecule has 2 aliphatic rings. The molecule has 0 aromatic heterocycles. The van der Waals surface area contributed by atoms with Gasteiger partial charge >= 0.3 is 0 Å². The van der Waals surface area contributed by atoms with E-state index in [-0.39, 0.29) is 12.0 Å². The number of ether oxygens (including phenoxy) is 2. The van der Waals surface area contributed by atoms with Crippen LogP contribution in [0.2, 0.25) is 0 Å². The van der Waals surface area contributed by atoms with Gasteiger partial charge in [0.1, 0.15) is 12.4 Å². The molecule has 4 nitrogen and oxygen atoms in total. The highest BCUT2D eigenvalue weighted by Gasteiger charge is 2.37. The van der Waals surface area contributed by atoms with E-state index in [1.54, 1.807) is 0 Å². The second kappa shape index (κ2) is 8.13. The minimum atomic E-state index is -0.212. The molecule has 2 aliphatic heterocycles. The van der Waals surface area contributed by atoms with Gasteiger partial charge in [0, 0.05) is 25.1 Å². The molecule has 3 atom stereocenters. The molecule has 23 heavy (non-hydrogen) atoms. The van der Waals surface area contributed by atoms with Gasteiger partial charge in [-0.25, -0.2) is 0 Å². The summed E-state index contributed by atoms with van der Waals surface area (Å²) in [6.07, 6.45) is 3.96. The molecule has 0 unspecified atom stereocenters. The Morgan fingerprint density at radius 2 is 2.26 bits per heavy atom. The largest absolute Gasteiger partial charge is 0.492 e. The molecule has 0 bridgehead atoms. The molecule has 0 spiro atoms. The van der Waals surface area contributed by atoms with Gasteiger partial charge in [-0.05, 0) is 49.9 Å². The van der Waals surface area contributed by atoms with Crippen molar-refractivity contribution < 1.29 is 14.6 Å². The number of aryl methyl sites for hydroxylation is 1. The molecule has 0 amide bonds. The van der Waals surface area contributed by atoms with E-state index in [0.717, 1.165) is 38.1 Å². The third-order valence-electron chi connectivity index (χ3n) is 5.22. The molecule has 128 valence electrons. The lowest BCUT2D eigenvalue weighted by molar-refractivity contribution is -0.0634. The molecule has 3 rings (SSSR count). The summed E-state index contributed by atoms with van der Waals surface area (Å²) in [6, 6.07) is 8.78. The van der Waals surface area contributed by atoms with Crippen molar-refractivity contribution in [3.8, 4) is 5.75 Å². The van der Waals surface area contributed by atoms with Crippen LogP contribution in [0.3, 0.4) is 0 Å². The lowest BCUT2D eigenvalue weighted by atomic mass is 9.89. The van der Waals surface area contributed by atoms with Crippen LogP contribution in [0.15, 0.2) is 24.3 Å². The molecule has 1 aromatic carbocycles. The molecular weight excluding hydrogens is 290 g/mol. The normalized spacial score (nSPS) is 28.9. The van der Waals surface area contributed by atoms with Crippen LogP contribution in [0.25, 0.3) is 0 Å². The summed E-state index contributed by atoms with van der Waals surface area (Å²) in [5.41, 5.74) is 1.31. The van der Waals surface area contributed by atoms with Crippen molar-refractivity contribution in [3.05, 3.63) is 29.8 Å². The molecule has 2 fully saturated rings. The number of aliphatic hydroxyl groups is 1. The zero-order chi connectivity index (χ0) is 16.1. The highest BCUT2D eigenvalue weighted by atomic mass is 16.5. The van der Waals surface area contributed by atoms with E-state index < -0.39 is 0 Å². The molecule has 1 N–H and O–H groups in total. The fourth-order valence-electron chi connectivity index (χ4n) is 3.87. The Kier molecular flexibility index (Phi) is 5.92. The van der Waals surface area contributed by atoms with Crippen molar-refractivity contribution in [2.45, 2.75) is 44.8 Å². The molecule has 2 saturated heterocycles. The first kappa shape index (κ1) is 16.7. The van der Waals surface area contributed by atoms with Gasteiger partial charge in [-0.15, -0.1) is 0 Å². The zero-order valence-corrected chi connectivity index (χ0v) is 14.1. The van der Waals surface area contributed by atoms with Gasteiger partial charge in [0.25, 0.3) is 0 Å². The van der Waals surface area contributed by atoms with Crippen molar-refractivity contribution in [1.82, 2.24) is 4.90 Å². The number of benzene rings is 1. The lowest BCUT2D eigenvalue weighted by Crippen LogP contribution is -2.47. The number of aliphatic hydroxyl groups excluding tert-OH is 1. The topological polar surface area (TPSA) is 41.9 Å². The summed E-state index contributed by atoms with van der Waals surface area (Å²) < 4.78 is 11.5. The minimum absolute atomic E-state index is 0.212. The Bertz CT molecular complexity index is 493. The third-order valence-corrected chi connectivity index (χ3v) is 5.22. The summed E-state index contributed by atoms with van der Waals surface area (Å²) in [7, 11) is 0. The van der Waals surface area contributed by atoms with Gasteiger partial charge in [0.2, 0.25) is 0 Å². The van der Waals surface area contributed by atoms with Gasteiger partial charge < -0.3 is 14.6 Å². The van der Waals surface area contributed by atoms with E-state index in [1.807, 2.05) is 6.07 Å².